The Morgan fingerprint density at radius 2 is 1.25 bits per heavy atom. The van der Waals surface area contributed by atoms with Crippen LogP contribution in [0.4, 0.5) is 0 Å². The zero-order valence-electron chi connectivity index (χ0n) is 14.8. The third kappa shape index (κ3) is 4.37. The maximum absolute atomic E-state index is 12.3. The molecule has 3 aromatic rings. The second-order valence-corrected chi connectivity index (χ2v) is 5.99. The number of esters is 1. The standard InChI is InChI=1S/C23H15NO4/c24-14-16-6-8-17(9-7-16)15-28-23(27)20-12-10-19(11-13-20)22(26)21(25)18-4-2-1-3-5-18/h1-13H,15H2. The van der Waals surface area contributed by atoms with Gasteiger partial charge in [0.25, 0.3) is 0 Å². The number of hydrogen-bond donors (Lipinski definition) is 0. The summed E-state index contributed by atoms with van der Waals surface area (Å²) in [6.07, 6.45) is 0. The Balaban J connectivity index is 1.63. The predicted octanol–water partition coefficient (Wildman–Crippen LogP) is 3.98. The minimum atomic E-state index is -0.635. The fourth-order valence-electron chi connectivity index (χ4n) is 2.52. The van der Waals surface area contributed by atoms with Gasteiger partial charge in [-0.25, -0.2) is 4.79 Å². The lowest BCUT2D eigenvalue weighted by Gasteiger charge is -2.06. The molecule has 0 atom stereocenters. The third-order valence-corrected chi connectivity index (χ3v) is 4.08. The first-order chi connectivity index (χ1) is 13.6. The van der Waals surface area contributed by atoms with Gasteiger partial charge in [0, 0.05) is 11.1 Å². The molecule has 0 aliphatic rings. The zero-order chi connectivity index (χ0) is 19.9. The molecule has 28 heavy (non-hydrogen) atoms. The van der Waals surface area contributed by atoms with E-state index in [1.807, 2.05) is 6.07 Å². The van der Waals surface area contributed by atoms with Crippen molar-refractivity contribution in [3.05, 3.63) is 107 Å². The first-order valence-corrected chi connectivity index (χ1v) is 8.49. The Bertz CT molecular complexity index is 1050. The lowest BCUT2D eigenvalue weighted by Crippen LogP contribution is -2.14. The summed E-state index contributed by atoms with van der Waals surface area (Å²) in [5.41, 5.74) is 2.08. The van der Waals surface area contributed by atoms with E-state index >= 15 is 0 Å². The van der Waals surface area contributed by atoms with Crippen molar-refractivity contribution in [1.29, 1.82) is 5.26 Å². The fourth-order valence-corrected chi connectivity index (χ4v) is 2.52. The SMILES string of the molecule is N#Cc1ccc(COC(=O)c2ccc(C(=O)C(=O)c3ccccc3)cc2)cc1. The van der Waals surface area contributed by atoms with Crippen molar-refractivity contribution in [1.82, 2.24) is 0 Å². The number of Topliss-reactive ketones (excluding diaryl/α,β-unsaturated/α-hetero) is 2. The molecular weight excluding hydrogens is 354 g/mol. The van der Waals surface area contributed by atoms with Crippen molar-refractivity contribution in [3.8, 4) is 6.07 Å². The van der Waals surface area contributed by atoms with Crippen LogP contribution in [0.1, 0.15) is 42.2 Å². The molecule has 0 heterocycles. The largest absolute Gasteiger partial charge is 0.457 e. The van der Waals surface area contributed by atoms with Crippen LogP contribution in [-0.4, -0.2) is 17.5 Å². The molecule has 136 valence electrons. The predicted molar refractivity (Wildman–Crippen MR) is 102 cm³/mol. The number of rotatable bonds is 6. The van der Waals surface area contributed by atoms with E-state index in [-0.39, 0.29) is 17.7 Å². The molecule has 0 N–H and O–H groups in total. The van der Waals surface area contributed by atoms with Gasteiger partial charge in [0.2, 0.25) is 11.6 Å². The summed E-state index contributed by atoms with van der Waals surface area (Å²) in [6.45, 7) is 0.0672. The molecule has 0 fully saturated rings. The Labute approximate surface area is 161 Å². The van der Waals surface area contributed by atoms with E-state index in [1.165, 1.54) is 24.3 Å². The maximum Gasteiger partial charge on any atom is 0.338 e. The van der Waals surface area contributed by atoms with Gasteiger partial charge in [-0.05, 0) is 29.8 Å². The summed E-state index contributed by atoms with van der Waals surface area (Å²) in [5, 5.41) is 8.78. The van der Waals surface area contributed by atoms with Crippen LogP contribution >= 0.6 is 0 Å². The van der Waals surface area contributed by atoms with Gasteiger partial charge in [-0.2, -0.15) is 5.26 Å². The van der Waals surface area contributed by atoms with Gasteiger partial charge in [-0.15, -0.1) is 0 Å². The first kappa shape index (κ1) is 18.7. The number of nitriles is 1. The van der Waals surface area contributed by atoms with E-state index in [0.29, 0.717) is 11.1 Å². The molecule has 0 aliphatic heterocycles. The molecule has 0 radical (unpaired) electrons. The fraction of sp³-hybridized carbons (Fsp3) is 0.0435. The number of hydrogen-bond acceptors (Lipinski definition) is 5. The van der Waals surface area contributed by atoms with Crippen LogP contribution < -0.4 is 0 Å². The zero-order valence-corrected chi connectivity index (χ0v) is 14.8. The summed E-state index contributed by atoms with van der Waals surface area (Å²) in [7, 11) is 0. The summed E-state index contributed by atoms with van der Waals surface area (Å²) < 4.78 is 5.23. The van der Waals surface area contributed by atoms with Crippen LogP contribution in [-0.2, 0) is 11.3 Å². The number of nitrogens with zero attached hydrogens (tertiary/aromatic N) is 1. The number of carbonyl (C=O) groups excluding carboxylic acids is 3. The van der Waals surface area contributed by atoms with Gasteiger partial charge in [-0.1, -0.05) is 54.6 Å². The first-order valence-electron chi connectivity index (χ1n) is 8.49. The highest BCUT2D eigenvalue weighted by molar-refractivity contribution is 6.49. The average molecular weight is 369 g/mol. The minimum Gasteiger partial charge on any atom is -0.457 e. The van der Waals surface area contributed by atoms with Crippen molar-refractivity contribution in [2.75, 3.05) is 0 Å². The van der Waals surface area contributed by atoms with Crippen molar-refractivity contribution < 1.29 is 19.1 Å². The van der Waals surface area contributed by atoms with Crippen LogP contribution in [0.5, 0.6) is 0 Å². The lowest BCUT2D eigenvalue weighted by molar-refractivity contribution is 0.0472. The van der Waals surface area contributed by atoms with E-state index < -0.39 is 17.5 Å². The quantitative estimate of drug-likeness (QED) is 0.373. The van der Waals surface area contributed by atoms with Crippen molar-refractivity contribution in [2.24, 2.45) is 0 Å². The molecule has 3 rings (SSSR count). The summed E-state index contributed by atoms with van der Waals surface area (Å²) in [6, 6.07) is 22.8. The molecular formula is C23H15NO4. The molecule has 0 bridgehead atoms. The van der Waals surface area contributed by atoms with Crippen LogP contribution in [0.15, 0.2) is 78.9 Å². The van der Waals surface area contributed by atoms with Crippen LogP contribution in [0.25, 0.3) is 0 Å². The molecule has 5 nitrogen and oxygen atoms in total. The van der Waals surface area contributed by atoms with E-state index in [4.69, 9.17) is 10.00 Å². The van der Waals surface area contributed by atoms with Crippen molar-refractivity contribution in [2.45, 2.75) is 6.61 Å². The van der Waals surface area contributed by atoms with Crippen LogP contribution in [0, 0.1) is 11.3 Å². The summed E-state index contributed by atoms with van der Waals surface area (Å²) in [5.74, 6) is -1.78. The topological polar surface area (TPSA) is 84.2 Å². The van der Waals surface area contributed by atoms with Gasteiger partial charge in [0.1, 0.15) is 6.61 Å². The highest BCUT2D eigenvalue weighted by atomic mass is 16.5. The Kier molecular flexibility index (Phi) is 5.73. The molecule has 3 aromatic carbocycles. The van der Waals surface area contributed by atoms with E-state index in [1.54, 1.807) is 54.6 Å². The second-order valence-electron chi connectivity index (χ2n) is 5.99. The van der Waals surface area contributed by atoms with Crippen molar-refractivity contribution in [3.63, 3.8) is 0 Å². The van der Waals surface area contributed by atoms with Gasteiger partial charge < -0.3 is 4.74 Å². The van der Waals surface area contributed by atoms with E-state index in [2.05, 4.69) is 0 Å². The molecule has 0 saturated carbocycles. The number of carbonyl (C=O) groups is 3. The highest BCUT2D eigenvalue weighted by Gasteiger charge is 2.18. The normalized spacial score (nSPS) is 9.96. The van der Waals surface area contributed by atoms with E-state index in [0.717, 1.165) is 5.56 Å². The van der Waals surface area contributed by atoms with Gasteiger partial charge in [-0.3, -0.25) is 9.59 Å². The van der Waals surface area contributed by atoms with Crippen LogP contribution in [0.3, 0.4) is 0 Å². The Morgan fingerprint density at radius 3 is 1.82 bits per heavy atom. The van der Waals surface area contributed by atoms with E-state index in [9.17, 15) is 14.4 Å². The molecule has 0 saturated heterocycles. The minimum absolute atomic E-state index is 0.0672. The molecule has 0 aromatic heterocycles. The molecule has 0 aliphatic carbocycles. The van der Waals surface area contributed by atoms with Crippen LogP contribution in [0.2, 0.25) is 0 Å². The molecule has 5 heteroatoms. The highest BCUT2D eigenvalue weighted by Crippen LogP contribution is 2.12. The number of benzene rings is 3. The maximum atomic E-state index is 12.3. The second kappa shape index (κ2) is 8.56. The summed E-state index contributed by atoms with van der Waals surface area (Å²) >= 11 is 0. The lowest BCUT2D eigenvalue weighted by atomic mass is 10.0. The average Bonchev–Trinajstić information content (AvgIpc) is 2.77. The third-order valence-electron chi connectivity index (χ3n) is 4.08. The molecule has 0 unspecified atom stereocenters. The number of ketones is 2. The van der Waals surface area contributed by atoms with Crippen molar-refractivity contribution >= 4 is 17.5 Å². The molecule has 0 amide bonds. The Morgan fingerprint density at radius 1 is 0.714 bits per heavy atom. The van der Waals surface area contributed by atoms with Gasteiger partial charge >= 0.3 is 5.97 Å². The van der Waals surface area contributed by atoms with Gasteiger partial charge in [0.15, 0.2) is 0 Å². The monoisotopic (exact) mass is 369 g/mol. The Hall–Kier alpha value is -4.04. The number of ether oxygens (including phenoxy) is 1. The molecule has 0 spiro atoms. The summed E-state index contributed by atoms with van der Waals surface area (Å²) in [4.78, 5) is 36.7. The smallest absolute Gasteiger partial charge is 0.338 e. The van der Waals surface area contributed by atoms with Gasteiger partial charge in [0.05, 0.1) is 17.2 Å².